The third-order valence-corrected chi connectivity index (χ3v) is 7.08. The number of imide groups is 1. The van der Waals surface area contributed by atoms with Crippen LogP contribution in [-0.2, 0) is 16.2 Å². The van der Waals surface area contributed by atoms with Crippen LogP contribution in [-0.4, -0.2) is 30.1 Å². The van der Waals surface area contributed by atoms with E-state index in [9.17, 15) is 9.59 Å². The lowest BCUT2D eigenvalue weighted by molar-refractivity contribution is -0.140. The van der Waals surface area contributed by atoms with Crippen LogP contribution in [0, 0.1) is 23.7 Å². The number of fused-ring (bicyclic) bond motifs is 1. The van der Waals surface area contributed by atoms with Crippen molar-refractivity contribution in [3.05, 3.63) is 70.2 Å². The Morgan fingerprint density at radius 2 is 1.66 bits per heavy atom. The molecule has 0 radical (unpaired) electrons. The predicted octanol–water partition coefficient (Wildman–Crippen LogP) is 4.57. The van der Waals surface area contributed by atoms with Gasteiger partial charge in [0, 0.05) is 4.47 Å². The van der Waals surface area contributed by atoms with Crippen molar-refractivity contribution in [2.45, 2.75) is 19.4 Å². The van der Waals surface area contributed by atoms with Crippen LogP contribution in [0.15, 0.2) is 64.2 Å². The van der Waals surface area contributed by atoms with Crippen molar-refractivity contribution < 1.29 is 19.1 Å². The van der Waals surface area contributed by atoms with Gasteiger partial charge in [-0.3, -0.25) is 9.59 Å². The summed E-state index contributed by atoms with van der Waals surface area (Å²) >= 11 is 3.42. The highest BCUT2D eigenvalue weighted by atomic mass is 79.9. The van der Waals surface area contributed by atoms with Crippen molar-refractivity contribution >= 4 is 34.0 Å². The Balaban J connectivity index is 1.30. The molecule has 1 saturated heterocycles. The molecule has 6 rings (SSSR count). The van der Waals surface area contributed by atoms with Gasteiger partial charge >= 0.3 is 0 Å². The Labute approximate surface area is 195 Å². The molecule has 0 N–H and O–H groups in total. The van der Waals surface area contributed by atoms with Crippen LogP contribution in [0.4, 0.5) is 0 Å². The number of hydrazone groups is 1. The molecule has 1 saturated carbocycles. The van der Waals surface area contributed by atoms with Crippen LogP contribution in [0.25, 0.3) is 0 Å². The Morgan fingerprint density at radius 3 is 2.25 bits per heavy atom. The summed E-state index contributed by atoms with van der Waals surface area (Å²) in [5.41, 5.74) is 1.76. The largest absolute Gasteiger partial charge is 0.493 e. The van der Waals surface area contributed by atoms with Gasteiger partial charge in [-0.2, -0.15) is 10.1 Å². The molecule has 3 aliphatic carbocycles. The molecular formula is C25H23BrN2O4. The van der Waals surface area contributed by atoms with Crippen LogP contribution in [0.3, 0.4) is 0 Å². The van der Waals surface area contributed by atoms with Gasteiger partial charge in [0.1, 0.15) is 6.61 Å². The first kappa shape index (κ1) is 20.9. The Morgan fingerprint density at radius 1 is 1.00 bits per heavy atom. The molecule has 1 heterocycles. The number of amides is 2. The summed E-state index contributed by atoms with van der Waals surface area (Å²) in [6, 6.07) is 13.3. The van der Waals surface area contributed by atoms with Crippen molar-refractivity contribution in [1.29, 1.82) is 0 Å². The summed E-state index contributed by atoms with van der Waals surface area (Å²) in [6.07, 6.45) is 7.68. The van der Waals surface area contributed by atoms with Gasteiger partial charge in [-0.1, -0.05) is 40.2 Å². The van der Waals surface area contributed by atoms with E-state index in [4.69, 9.17) is 9.47 Å². The number of hydrogen-bond donors (Lipinski definition) is 0. The lowest BCUT2D eigenvalue weighted by atomic mass is 9.63. The first-order chi connectivity index (χ1) is 15.5. The molecule has 4 atom stereocenters. The number of halogens is 1. The van der Waals surface area contributed by atoms with Crippen molar-refractivity contribution in [3.63, 3.8) is 0 Å². The molecule has 2 fully saturated rings. The van der Waals surface area contributed by atoms with E-state index in [1.165, 1.54) is 6.21 Å². The molecule has 6 nitrogen and oxygen atoms in total. The molecule has 2 aromatic rings. The summed E-state index contributed by atoms with van der Waals surface area (Å²) in [5.74, 6) is 0.594. The lowest BCUT2D eigenvalue weighted by Crippen LogP contribution is -2.38. The topological polar surface area (TPSA) is 68.2 Å². The number of hydrogen-bond acceptors (Lipinski definition) is 5. The Kier molecular flexibility index (Phi) is 5.59. The molecule has 4 aliphatic rings. The van der Waals surface area contributed by atoms with Crippen LogP contribution in [0.1, 0.15) is 24.0 Å². The number of allylic oxidation sites excluding steroid dienone is 2. The van der Waals surface area contributed by atoms with E-state index >= 15 is 0 Å². The second-order valence-corrected chi connectivity index (χ2v) is 9.32. The highest BCUT2D eigenvalue weighted by molar-refractivity contribution is 9.10. The monoisotopic (exact) mass is 494 g/mol. The van der Waals surface area contributed by atoms with E-state index < -0.39 is 0 Å². The van der Waals surface area contributed by atoms with Crippen LogP contribution in [0.2, 0.25) is 0 Å². The SMILES string of the molecule is COc1cc(/C=N\N2C(=O)[C@@H]3[C@H](C2=O)[C@H]2C=C[C@H]3CC2)ccc1OCc1ccc(Br)cc1. The number of carbonyl (C=O) groups is 2. The highest BCUT2D eigenvalue weighted by Gasteiger charge is 2.56. The van der Waals surface area contributed by atoms with E-state index in [1.54, 1.807) is 19.2 Å². The van der Waals surface area contributed by atoms with E-state index in [0.717, 1.165) is 33.5 Å². The number of nitrogens with zero attached hydrogens (tertiary/aromatic N) is 2. The average molecular weight is 495 g/mol. The zero-order chi connectivity index (χ0) is 22.2. The molecule has 1 aliphatic heterocycles. The van der Waals surface area contributed by atoms with E-state index in [-0.39, 0.29) is 35.5 Å². The molecule has 164 valence electrons. The molecule has 0 aromatic heterocycles. The predicted molar refractivity (Wildman–Crippen MR) is 123 cm³/mol. The summed E-state index contributed by atoms with van der Waals surface area (Å²) in [4.78, 5) is 25.8. The standard InChI is InChI=1S/C25H23BrN2O4/c1-31-21-12-16(4-11-20(21)32-14-15-2-9-19(26)10-3-15)13-27-28-24(29)22-17-5-6-18(8-7-17)23(22)25(28)30/h2-6,9-13,17-18,22-23H,7-8,14H2,1H3/b27-13-/t17-,18-,22-,23+/m0/s1. The average Bonchev–Trinajstić information content (AvgIpc) is 3.10. The van der Waals surface area contributed by atoms with Gasteiger partial charge in [-0.15, -0.1) is 0 Å². The molecule has 0 spiro atoms. The summed E-state index contributed by atoms with van der Waals surface area (Å²) in [7, 11) is 1.57. The maximum Gasteiger partial charge on any atom is 0.254 e. The normalized spacial score (nSPS) is 26.1. The van der Waals surface area contributed by atoms with Gasteiger partial charge in [-0.25, -0.2) is 0 Å². The second kappa shape index (κ2) is 8.54. The minimum absolute atomic E-state index is 0.156. The highest BCUT2D eigenvalue weighted by Crippen LogP contribution is 2.49. The van der Waals surface area contributed by atoms with Gasteiger partial charge in [0.05, 0.1) is 25.2 Å². The summed E-state index contributed by atoms with van der Waals surface area (Å²) < 4.78 is 12.4. The Bertz CT molecular complexity index is 1080. The molecule has 7 heteroatoms. The summed E-state index contributed by atoms with van der Waals surface area (Å²) in [6.45, 7) is 0.410. The van der Waals surface area contributed by atoms with Crippen molar-refractivity contribution in [2.75, 3.05) is 7.11 Å². The second-order valence-electron chi connectivity index (χ2n) is 8.40. The number of methoxy groups -OCH3 is 1. The Hall–Kier alpha value is -2.93. The lowest BCUT2D eigenvalue weighted by Gasteiger charge is -2.37. The zero-order valence-electron chi connectivity index (χ0n) is 17.6. The molecular weight excluding hydrogens is 472 g/mol. The smallest absolute Gasteiger partial charge is 0.254 e. The first-order valence-corrected chi connectivity index (χ1v) is 11.5. The third-order valence-electron chi connectivity index (χ3n) is 6.55. The number of rotatable bonds is 6. The maximum absolute atomic E-state index is 12.9. The number of ether oxygens (including phenoxy) is 2. The van der Waals surface area contributed by atoms with Crippen LogP contribution >= 0.6 is 15.9 Å². The number of benzene rings is 2. The van der Waals surface area contributed by atoms with E-state index in [0.29, 0.717) is 18.1 Å². The molecule has 2 bridgehead atoms. The molecule has 0 unspecified atom stereocenters. The van der Waals surface area contributed by atoms with Gasteiger partial charge in [0.15, 0.2) is 11.5 Å². The minimum Gasteiger partial charge on any atom is -0.493 e. The number of carbonyl (C=O) groups excluding carboxylic acids is 2. The van der Waals surface area contributed by atoms with E-state index in [1.807, 2.05) is 30.3 Å². The van der Waals surface area contributed by atoms with Gasteiger partial charge in [0.2, 0.25) is 0 Å². The summed E-state index contributed by atoms with van der Waals surface area (Å²) in [5, 5.41) is 5.33. The molecule has 32 heavy (non-hydrogen) atoms. The maximum atomic E-state index is 12.9. The van der Waals surface area contributed by atoms with E-state index in [2.05, 4.69) is 33.2 Å². The third kappa shape index (κ3) is 3.75. The quantitative estimate of drug-likeness (QED) is 0.335. The zero-order valence-corrected chi connectivity index (χ0v) is 19.2. The van der Waals surface area contributed by atoms with Crippen LogP contribution in [0.5, 0.6) is 11.5 Å². The van der Waals surface area contributed by atoms with Crippen molar-refractivity contribution in [3.8, 4) is 11.5 Å². The fourth-order valence-corrected chi connectivity index (χ4v) is 5.19. The van der Waals surface area contributed by atoms with Crippen LogP contribution < -0.4 is 9.47 Å². The van der Waals surface area contributed by atoms with Gasteiger partial charge in [-0.05, 0) is 66.1 Å². The first-order valence-electron chi connectivity index (χ1n) is 10.7. The molecule has 2 amide bonds. The van der Waals surface area contributed by atoms with Crippen molar-refractivity contribution in [2.24, 2.45) is 28.8 Å². The fourth-order valence-electron chi connectivity index (χ4n) is 4.92. The minimum atomic E-state index is -0.257. The fraction of sp³-hybridized carbons (Fsp3) is 0.320. The molecule has 2 aromatic carbocycles. The van der Waals surface area contributed by atoms with Gasteiger partial charge < -0.3 is 9.47 Å². The van der Waals surface area contributed by atoms with Gasteiger partial charge in [0.25, 0.3) is 11.8 Å². The van der Waals surface area contributed by atoms with Crippen molar-refractivity contribution in [1.82, 2.24) is 5.01 Å².